The van der Waals surface area contributed by atoms with Crippen molar-refractivity contribution in [2.45, 2.75) is 26.7 Å². The summed E-state index contributed by atoms with van der Waals surface area (Å²) in [5.74, 6) is -1.46. The summed E-state index contributed by atoms with van der Waals surface area (Å²) in [6.45, 7) is 4.23. The van der Waals surface area contributed by atoms with E-state index in [0.29, 0.717) is 25.1 Å². The third-order valence-electron chi connectivity index (χ3n) is 3.23. The van der Waals surface area contributed by atoms with Crippen molar-refractivity contribution in [3.63, 3.8) is 0 Å². The molecule has 5 heteroatoms. The molecule has 20 heavy (non-hydrogen) atoms. The van der Waals surface area contributed by atoms with Crippen molar-refractivity contribution in [3.05, 3.63) is 29.8 Å². The molecular formula is C15H22N2O3. The highest BCUT2D eigenvalue weighted by Gasteiger charge is 2.18. The maximum Gasteiger partial charge on any atom is 0.308 e. The lowest BCUT2D eigenvalue weighted by molar-refractivity contribution is -0.143. The van der Waals surface area contributed by atoms with Crippen LogP contribution >= 0.6 is 0 Å². The summed E-state index contributed by atoms with van der Waals surface area (Å²) in [6.07, 6.45) is 0.978. The van der Waals surface area contributed by atoms with Crippen LogP contribution in [0.25, 0.3) is 0 Å². The number of anilines is 1. The molecule has 1 aromatic carbocycles. The number of carbonyl (C=O) groups excluding carboxylic acids is 1. The van der Waals surface area contributed by atoms with Crippen LogP contribution in [-0.4, -0.2) is 35.0 Å². The molecule has 0 saturated carbocycles. The van der Waals surface area contributed by atoms with Gasteiger partial charge in [0, 0.05) is 25.2 Å². The molecule has 1 amide bonds. The molecule has 0 heterocycles. The van der Waals surface area contributed by atoms with Gasteiger partial charge >= 0.3 is 5.97 Å². The van der Waals surface area contributed by atoms with E-state index in [1.807, 2.05) is 25.1 Å². The predicted molar refractivity (Wildman–Crippen MR) is 78.2 cm³/mol. The summed E-state index contributed by atoms with van der Waals surface area (Å²) in [6, 6.07) is 7.45. The molecule has 0 bridgehead atoms. The van der Waals surface area contributed by atoms with E-state index < -0.39 is 11.9 Å². The summed E-state index contributed by atoms with van der Waals surface area (Å²) in [4.78, 5) is 24.5. The van der Waals surface area contributed by atoms with Crippen LogP contribution in [-0.2, 0) is 16.0 Å². The fourth-order valence-corrected chi connectivity index (χ4v) is 1.97. The Labute approximate surface area is 119 Å². The van der Waals surface area contributed by atoms with E-state index in [4.69, 9.17) is 10.8 Å². The van der Waals surface area contributed by atoms with Crippen molar-refractivity contribution < 1.29 is 14.7 Å². The van der Waals surface area contributed by atoms with E-state index in [1.165, 1.54) is 0 Å². The van der Waals surface area contributed by atoms with Crippen LogP contribution in [0.2, 0.25) is 0 Å². The van der Waals surface area contributed by atoms with Crippen LogP contribution in [0.1, 0.15) is 25.8 Å². The number of carbonyl (C=O) groups is 2. The Bertz CT molecular complexity index is 474. The van der Waals surface area contributed by atoms with Crippen LogP contribution in [0.4, 0.5) is 5.69 Å². The fourth-order valence-electron chi connectivity index (χ4n) is 1.97. The Hall–Kier alpha value is -2.04. The molecule has 0 aromatic heterocycles. The maximum atomic E-state index is 12.1. The fraction of sp³-hybridized carbons (Fsp3) is 0.467. The first kappa shape index (κ1) is 16.0. The van der Waals surface area contributed by atoms with E-state index in [1.54, 1.807) is 17.9 Å². The van der Waals surface area contributed by atoms with Crippen molar-refractivity contribution in [3.8, 4) is 0 Å². The van der Waals surface area contributed by atoms with E-state index >= 15 is 0 Å². The van der Waals surface area contributed by atoms with Crippen LogP contribution in [0.5, 0.6) is 0 Å². The number of carboxylic acid groups (broad SMARTS) is 1. The molecule has 1 unspecified atom stereocenters. The smallest absolute Gasteiger partial charge is 0.308 e. The molecule has 0 aliphatic rings. The Kier molecular flexibility index (Phi) is 6.03. The van der Waals surface area contributed by atoms with Crippen LogP contribution in [0.15, 0.2) is 24.3 Å². The Balaban J connectivity index is 2.53. The van der Waals surface area contributed by atoms with E-state index in [0.717, 1.165) is 5.56 Å². The van der Waals surface area contributed by atoms with Crippen molar-refractivity contribution in [2.75, 3.05) is 18.8 Å². The maximum absolute atomic E-state index is 12.1. The lowest BCUT2D eigenvalue weighted by atomic mass is 10.1. The summed E-state index contributed by atoms with van der Waals surface area (Å²) < 4.78 is 0. The summed E-state index contributed by atoms with van der Waals surface area (Å²) in [7, 11) is 0. The molecule has 1 aromatic rings. The molecule has 0 radical (unpaired) electrons. The summed E-state index contributed by atoms with van der Waals surface area (Å²) >= 11 is 0. The van der Waals surface area contributed by atoms with Crippen molar-refractivity contribution in [1.29, 1.82) is 0 Å². The zero-order valence-corrected chi connectivity index (χ0v) is 12.0. The Morgan fingerprint density at radius 2 is 2.10 bits per heavy atom. The largest absolute Gasteiger partial charge is 0.481 e. The molecule has 0 spiro atoms. The van der Waals surface area contributed by atoms with Crippen molar-refractivity contribution >= 4 is 17.6 Å². The summed E-state index contributed by atoms with van der Waals surface area (Å²) in [5, 5.41) is 8.89. The van der Waals surface area contributed by atoms with E-state index in [2.05, 4.69) is 0 Å². The van der Waals surface area contributed by atoms with Gasteiger partial charge < -0.3 is 15.7 Å². The molecule has 1 atom stereocenters. The van der Waals surface area contributed by atoms with Gasteiger partial charge in [0.2, 0.25) is 5.91 Å². The molecule has 0 saturated heterocycles. The number of carboxylic acids is 1. The first-order valence-electron chi connectivity index (χ1n) is 6.79. The van der Waals surface area contributed by atoms with Gasteiger partial charge in [-0.1, -0.05) is 19.1 Å². The number of nitrogens with two attached hydrogens (primary N) is 1. The monoisotopic (exact) mass is 278 g/mol. The molecule has 0 fully saturated rings. The van der Waals surface area contributed by atoms with E-state index in [-0.39, 0.29) is 12.5 Å². The third kappa shape index (κ3) is 4.91. The molecule has 0 aliphatic heterocycles. The number of nitrogens with zero attached hydrogens (tertiary/aromatic N) is 1. The molecule has 5 nitrogen and oxygen atoms in total. The highest BCUT2D eigenvalue weighted by molar-refractivity contribution is 5.77. The topological polar surface area (TPSA) is 83.6 Å². The number of hydrogen-bond donors (Lipinski definition) is 2. The SMILES string of the molecule is CCN(CC(C)C(=O)O)C(=O)CCc1cccc(N)c1. The number of rotatable bonds is 7. The first-order chi connectivity index (χ1) is 9.43. The van der Waals surface area contributed by atoms with Gasteiger partial charge in [0.05, 0.1) is 5.92 Å². The number of amides is 1. The Morgan fingerprint density at radius 1 is 1.40 bits per heavy atom. The molecule has 1 rings (SSSR count). The molecular weight excluding hydrogens is 256 g/mol. The third-order valence-corrected chi connectivity index (χ3v) is 3.23. The molecule has 3 N–H and O–H groups in total. The van der Waals surface area contributed by atoms with Crippen LogP contribution in [0.3, 0.4) is 0 Å². The van der Waals surface area contributed by atoms with Crippen LogP contribution in [0, 0.1) is 5.92 Å². The minimum atomic E-state index is -0.882. The lowest BCUT2D eigenvalue weighted by Gasteiger charge is -2.23. The van der Waals surface area contributed by atoms with Crippen LogP contribution < -0.4 is 5.73 Å². The quantitative estimate of drug-likeness (QED) is 0.744. The predicted octanol–water partition coefficient (Wildman–Crippen LogP) is 1.77. The van der Waals surface area contributed by atoms with E-state index in [9.17, 15) is 9.59 Å². The number of nitrogen functional groups attached to an aromatic ring is 1. The molecule has 0 aliphatic carbocycles. The van der Waals surface area contributed by atoms with Crippen molar-refractivity contribution in [1.82, 2.24) is 4.90 Å². The van der Waals surface area contributed by atoms with Crippen molar-refractivity contribution in [2.24, 2.45) is 5.92 Å². The van der Waals surface area contributed by atoms with Gasteiger partial charge in [0.1, 0.15) is 0 Å². The highest BCUT2D eigenvalue weighted by Crippen LogP contribution is 2.10. The van der Waals surface area contributed by atoms with Gasteiger partial charge in [-0.05, 0) is 31.0 Å². The zero-order chi connectivity index (χ0) is 15.1. The zero-order valence-electron chi connectivity index (χ0n) is 12.0. The Morgan fingerprint density at radius 3 is 2.65 bits per heavy atom. The van der Waals surface area contributed by atoms with Gasteiger partial charge in [-0.15, -0.1) is 0 Å². The summed E-state index contributed by atoms with van der Waals surface area (Å²) in [5.41, 5.74) is 7.39. The number of aryl methyl sites for hydroxylation is 1. The first-order valence-corrected chi connectivity index (χ1v) is 6.79. The van der Waals surface area contributed by atoms with Gasteiger partial charge in [-0.3, -0.25) is 9.59 Å². The number of aliphatic carboxylic acids is 1. The van der Waals surface area contributed by atoms with Gasteiger partial charge in [0.25, 0.3) is 0 Å². The average Bonchev–Trinajstić information content (AvgIpc) is 2.41. The highest BCUT2D eigenvalue weighted by atomic mass is 16.4. The second kappa shape index (κ2) is 7.53. The lowest BCUT2D eigenvalue weighted by Crippen LogP contribution is -2.36. The molecule has 110 valence electrons. The van der Waals surface area contributed by atoms with Gasteiger partial charge in [0.15, 0.2) is 0 Å². The second-order valence-corrected chi connectivity index (χ2v) is 4.92. The minimum Gasteiger partial charge on any atom is -0.481 e. The number of hydrogen-bond acceptors (Lipinski definition) is 3. The second-order valence-electron chi connectivity index (χ2n) is 4.92. The standard InChI is InChI=1S/C15H22N2O3/c1-3-17(10-11(2)15(19)20)14(18)8-7-12-5-4-6-13(16)9-12/h4-6,9,11H,3,7-8,10,16H2,1-2H3,(H,19,20). The number of benzene rings is 1. The van der Waals surface area contributed by atoms with Gasteiger partial charge in [-0.2, -0.15) is 0 Å². The minimum absolute atomic E-state index is 0.0250. The van der Waals surface area contributed by atoms with Gasteiger partial charge in [-0.25, -0.2) is 0 Å². The average molecular weight is 278 g/mol. The normalized spacial score (nSPS) is 11.9.